The molecule has 4 N–H and O–H groups in total. The van der Waals surface area contributed by atoms with E-state index in [2.05, 4.69) is 20.4 Å². The quantitative estimate of drug-likeness (QED) is 0.705. The molecule has 0 aromatic carbocycles. The summed E-state index contributed by atoms with van der Waals surface area (Å²) >= 11 is 0. The number of piperidine rings is 1. The van der Waals surface area contributed by atoms with Gasteiger partial charge in [-0.2, -0.15) is 13.2 Å². The Balaban J connectivity index is 2.17. The normalized spacial score (nSPS) is 16.0. The number of esters is 1. The average Bonchev–Trinajstić information content (AvgIpc) is 2.48. The third-order valence-electron chi connectivity index (χ3n) is 3.22. The van der Waals surface area contributed by atoms with Gasteiger partial charge in [0.05, 0.1) is 0 Å². The third kappa shape index (κ3) is 4.55. The fourth-order valence-corrected chi connectivity index (χ4v) is 2.12. The van der Waals surface area contributed by atoms with Crippen LogP contribution in [0, 0.1) is 0 Å². The lowest BCUT2D eigenvalue weighted by atomic mass is 10.1. The zero-order chi connectivity index (χ0) is 17.0. The number of nitrogens with zero attached hydrogens (tertiary/aromatic N) is 1. The van der Waals surface area contributed by atoms with E-state index in [1.807, 2.05) is 0 Å². The minimum Gasteiger partial charge on any atom is -0.417 e. The SMILES string of the molecule is NC(=O)c1nc(NC2CCNCC2)ccc1OC(=O)C(F)(F)F. The van der Waals surface area contributed by atoms with Crippen molar-refractivity contribution in [1.82, 2.24) is 10.3 Å². The van der Waals surface area contributed by atoms with Gasteiger partial charge < -0.3 is 21.1 Å². The minimum absolute atomic E-state index is 0.119. The predicted octanol–water partition coefficient (Wildman–Crippen LogP) is 0.812. The molecule has 1 fully saturated rings. The van der Waals surface area contributed by atoms with E-state index in [0.717, 1.165) is 32.0 Å². The van der Waals surface area contributed by atoms with Crippen LogP contribution in [-0.4, -0.2) is 42.2 Å². The highest BCUT2D eigenvalue weighted by atomic mass is 19.4. The van der Waals surface area contributed by atoms with Gasteiger partial charge in [-0.25, -0.2) is 9.78 Å². The lowest BCUT2D eigenvalue weighted by molar-refractivity contribution is -0.189. The number of anilines is 1. The average molecular weight is 332 g/mol. The third-order valence-corrected chi connectivity index (χ3v) is 3.22. The molecule has 0 saturated carbocycles. The number of hydrogen-bond acceptors (Lipinski definition) is 6. The Kier molecular flexibility index (Phi) is 5.04. The van der Waals surface area contributed by atoms with E-state index < -0.39 is 29.5 Å². The molecule has 7 nitrogen and oxygen atoms in total. The number of amides is 1. The summed E-state index contributed by atoms with van der Waals surface area (Å²) in [5.41, 5.74) is 4.55. The van der Waals surface area contributed by atoms with Crippen molar-refractivity contribution in [2.24, 2.45) is 5.73 Å². The van der Waals surface area contributed by atoms with Gasteiger partial charge in [0, 0.05) is 6.04 Å². The number of pyridine rings is 1. The van der Waals surface area contributed by atoms with Crippen molar-refractivity contribution in [2.45, 2.75) is 25.1 Å². The number of nitrogens with one attached hydrogen (secondary N) is 2. The monoisotopic (exact) mass is 332 g/mol. The summed E-state index contributed by atoms with van der Waals surface area (Å²) in [6.45, 7) is 1.64. The number of carbonyl (C=O) groups is 2. The first-order valence-electron chi connectivity index (χ1n) is 6.84. The molecule has 0 radical (unpaired) electrons. The molecule has 0 unspecified atom stereocenters. The summed E-state index contributed by atoms with van der Waals surface area (Å²) in [5, 5.41) is 6.24. The smallest absolute Gasteiger partial charge is 0.417 e. The van der Waals surface area contributed by atoms with E-state index in [0.29, 0.717) is 0 Å². The highest BCUT2D eigenvalue weighted by molar-refractivity contribution is 5.95. The molecule has 23 heavy (non-hydrogen) atoms. The number of carbonyl (C=O) groups excluding carboxylic acids is 2. The lowest BCUT2D eigenvalue weighted by Crippen LogP contribution is -2.35. The molecular weight excluding hydrogens is 317 g/mol. The maximum absolute atomic E-state index is 12.2. The fourth-order valence-electron chi connectivity index (χ4n) is 2.12. The van der Waals surface area contributed by atoms with Crippen molar-refractivity contribution in [3.8, 4) is 5.75 Å². The molecule has 1 aliphatic heterocycles. The molecule has 2 rings (SSSR count). The van der Waals surface area contributed by atoms with Gasteiger partial charge >= 0.3 is 12.1 Å². The van der Waals surface area contributed by atoms with Crippen LogP contribution in [0.15, 0.2) is 12.1 Å². The Morgan fingerprint density at radius 1 is 1.30 bits per heavy atom. The van der Waals surface area contributed by atoms with Crippen LogP contribution in [-0.2, 0) is 4.79 Å². The number of alkyl halides is 3. The van der Waals surface area contributed by atoms with Gasteiger partial charge in [-0.1, -0.05) is 0 Å². The van der Waals surface area contributed by atoms with Crippen LogP contribution < -0.4 is 21.1 Å². The van der Waals surface area contributed by atoms with Crippen molar-refractivity contribution in [3.63, 3.8) is 0 Å². The van der Waals surface area contributed by atoms with E-state index in [-0.39, 0.29) is 11.9 Å². The van der Waals surface area contributed by atoms with Crippen molar-refractivity contribution in [1.29, 1.82) is 0 Å². The Labute approximate surface area is 129 Å². The second-order valence-corrected chi connectivity index (χ2v) is 4.96. The number of ether oxygens (including phenoxy) is 1. The first-order valence-corrected chi connectivity index (χ1v) is 6.84. The molecule has 1 saturated heterocycles. The van der Waals surface area contributed by atoms with Crippen LogP contribution >= 0.6 is 0 Å². The second-order valence-electron chi connectivity index (χ2n) is 4.96. The molecule has 1 aromatic heterocycles. The molecule has 10 heteroatoms. The summed E-state index contributed by atoms with van der Waals surface area (Å²) in [6, 6.07) is 2.50. The van der Waals surface area contributed by atoms with Crippen LogP contribution in [0.25, 0.3) is 0 Å². The van der Waals surface area contributed by atoms with Crippen LogP contribution in [0.1, 0.15) is 23.3 Å². The molecule has 0 aliphatic carbocycles. The fraction of sp³-hybridized carbons (Fsp3) is 0.462. The van der Waals surface area contributed by atoms with Gasteiger partial charge in [0.1, 0.15) is 5.82 Å². The lowest BCUT2D eigenvalue weighted by Gasteiger charge is -2.24. The van der Waals surface area contributed by atoms with Crippen LogP contribution in [0.3, 0.4) is 0 Å². The number of rotatable bonds is 4. The van der Waals surface area contributed by atoms with Crippen molar-refractivity contribution in [3.05, 3.63) is 17.8 Å². The standard InChI is InChI=1S/C13H15F3N4O3/c14-13(15,16)12(22)23-8-1-2-9(20-10(8)11(17)21)19-7-3-5-18-6-4-7/h1-2,7,18H,3-6H2,(H2,17,21)(H,19,20). The number of aromatic nitrogens is 1. The number of halogens is 3. The van der Waals surface area contributed by atoms with E-state index in [9.17, 15) is 22.8 Å². The highest BCUT2D eigenvalue weighted by Crippen LogP contribution is 2.24. The van der Waals surface area contributed by atoms with Gasteiger partial charge in [-0.15, -0.1) is 0 Å². The Bertz CT molecular complexity index is 601. The highest BCUT2D eigenvalue weighted by Gasteiger charge is 2.42. The summed E-state index contributed by atoms with van der Waals surface area (Å²) in [6.07, 6.45) is -3.52. The van der Waals surface area contributed by atoms with E-state index in [1.165, 1.54) is 6.07 Å². The van der Waals surface area contributed by atoms with Crippen LogP contribution in [0.2, 0.25) is 0 Å². The van der Waals surface area contributed by atoms with E-state index in [4.69, 9.17) is 5.73 Å². The first kappa shape index (κ1) is 17.0. The van der Waals surface area contributed by atoms with Crippen LogP contribution in [0.5, 0.6) is 5.75 Å². The molecule has 0 bridgehead atoms. The summed E-state index contributed by atoms with van der Waals surface area (Å²) in [5.74, 6) is -3.89. The van der Waals surface area contributed by atoms with Gasteiger partial charge in [0.25, 0.3) is 5.91 Å². The van der Waals surface area contributed by atoms with E-state index >= 15 is 0 Å². The van der Waals surface area contributed by atoms with Gasteiger partial charge in [-0.05, 0) is 38.1 Å². The van der Waals surface area contributed by atoms with Gasteiger partial charge in [0.15, 0.2) is 11.4 Å². The number of primary amides is 1. The molecular formula is C13H15F3N4O3. The van der Waals surface area contributed by atoms with Crippen molar-refractivity contribution < 1.29 is 27.5 Å². The summed E-state index contributed by atoms with van der Waals surface area (Å²) in [4.78, 5) is 26.1. The Morgan fingerprint density at radius 2 is 1.96 bits per heavy atom. The molecule has 2 heterocycles. The minimum atomic E-state index is -5.18. The molecule has 126 valence electrons. The summed E-state index contributed by atoms with van der Waals surface area (Å²) < 4.78 is 40.8. The summed E-state index contributed by atoms with van der Waals surface area (Å²) in [7, 11) is 0. The zero-order valence-corrected chi connectivity index (χ0v) is 11.9. The predicted molar refractivity (Wildman–Crippen MR) is 74.0 cm³/mol. The molecule has 0 spiro atoms. The number of hydrogen-bond donors (Lipinski definition) is 3. The maximum atomic E-state index is 12.2. The second kappa shape index (κ2) is 6.82. The Morgan fingerprint density at radius 3 is 2.52 bits per heavy atom. The van der Waals surface area contributed by atoms with Gasteiger partial charge in [0.2, 0.25) is 0 Å². The topological polar surface area (TPSA) is 106 Å². The Hall–Kier alpha value is -2.36. The molecule has 0 atom stereocenters. The van der Waals surface area contributed by atoms with Gasteiger partial charge in [-0.3, -0.25) is 4.79 Å². The zero-order valence-electron chi connectivity index (χ0n) is 11.9. The molecule has 1 aromatic rings. The maximum Gasteiger partial charge on any atom is 0.491 e. The van der Waals surface area contributed by atoms with Crippen LogP contribution in [0.4, 0.5) is 19.0 Å². The largest absolute Gasteiger partial charge is 0.491 e. The number of nitrogens with two attached hydrogens (primary N) is 1. The van der Waals surface area contributed by atoms with E-state index in [1.54, 1.807) is 0 Å². The first-order chi connectivity index (χ1) is 10.8. The molecule has 1 amide bonds. The van der Waals surface area contributed by atoms with Crippen molar-refractivity contribution in [2.75, 3.05) is 18.4 Å². The molecule has 1 aliphatic rings. The van der Waals surface area contributed by atoms with Crippen molar-refractivity contribution >= 4 is 17.7 Å².